The highest BCUT2D eigenvalue weighted by Gasteiger charge is 2.55. The first-order valence-electron chi connectivity index (χ1n) is 21.4. The molecule has 12 nitrogen and oxygen atoms in total. The number of hydrogen-bond donors (Lipinski definition) is 1. The van der Waals surface area contributed by atoms with Crippen LogP contribution in [0, 0.1) is 0 Å². The summed E-state index contributed by atoms with van der Waals surface area (Å²) in [5, 5.41) is 12.4. The molecule has 3 saturated heterocycles. The van der Waals surface area contributed by atoms with Crippen LogP contribution >= 0.6 is 0 Å². The van der Waals surface area contributed by atoms with E-state index in [9.17, 15) is 5.11 Å². The van der Waals surface area contributed by atoms with Crippen LogP contribution in [-0.4, -0.2) is 93.4 Å². The van der Waals surface area contributed by atoms with Gasteiger partial charge in [-0.2, -0.15) is 0 Å². The average molecular weight is 861 g/mol. The maximum Gasteiger partial charge on any atom is 0.187 e. The summed E-state index contributed by atoms with van der Waals surface area (Å²) in [7, 11) is 1.63. The van der Waals surface area contributed by atoms with Crippen molar-refractivity contribution in [3.63, 3.8) is 0 Å². The Kier molecular flexibility index (Phi) is 16.1. The summed E-state index contributed by atoms with van der Waals surface area (Å²) in [6.45, 7) is 5.23. The van der Waals surface area contributed by atoms with E-state index in [0.717, 1.165) is 33.6 Å². The lowest BCUT2D eigenvalue weighted by Gasteiger charge is -2.50. The van der Waals surface area contributed by atoms with Crippen molar-refractivity contribution in [1.29, 1.82) is 0 Å². The lowest BCUT2D eigenvalue weighted by atomic mass is 9.95. The summed E-state index contributed by atoms with van der Waals surface area (Å²) in [6, 6.07) is 46.8. The fourth-order valence-corrected chi connectivity index (χ4v) is 7.95. The Balaban J connectivity index is 1.11. The molecule has 0 amide bonds. The summed E-state index contributed by atoms with van der Waals surface area (Å²) in [4.78, 5) is 0. The van der Waals surface area contributed by atoms with Crippen LogP contribution in [0.5, 0.6) is 5.75 Å². The van der Waals surface area contributed by atoms with Crippen molar-refractivity contribution in [2.75, 3.05) is 26.9 Å². The molecule has 0 spiro atoms. The first-order valence-corrected chi connectivity index (χ1v) is 21.4. The Bertz CT molecular complexity index is 2080. The molecule has 5 aromatic carbocycles. The number of hydrogen-bond acceptors (Lipinski definition) is 12. The molecule has 3 aliphatic heterocycles. The molecule has 0 unspecified atom stereocenters. The summed E-state index contributed by atoms with van der Waals surface area (Å²) in [6.07, 6.45) is -8.12. The van der Waals surface area contributed by atoms with Crippen LogP contribution in [0.4, 0.5) is 0 Å². The third-order valence-corrected chi connectivity index (χ3v) is 11.2. The van der Waals surface area contributed by atoms with Gasteiger partial charge in [-0.05, 0) is 34.4 Å². The van der Waals surface area contributed by atoms with Crippen LogP contribution in [0.25, 0.3) is 0 Å². The van der Waals surface area contributed by atoms with Gasteiger partial charge in [-0.1, -0.05) is 140 Å². The van der Waals surface area contributed by atoms with Gasteiger partial charge in [0.1, 0.15) is 54.6 Å². The van der Waals surface area contributed by atoms with Crippen LogP contribution in [0.3, 0.4) is 0 Å². The molecule has 1 N–H and O–H groups in total. The highest BCUT2D eigenvalue weighted by Crippen LogP contribution is 2.39. The van der Waals surface area contributed by atoms with Gasteiger partial charge < -0.3 is 57.2 Å². The van der Waals surface area contributed by atoms with E-state index in [0.29, 0.717) is 0 Å². The number of benzene rings is 5. The monoisotopic (exact) mass is 860 g/mol. The molecular formula is C51H56O12. The van der Waals surface area contributed by atoms with E-state index < -0.39 is 67.7 Å². The average Bonchev–Trinajstić information content (AvgIpc) is 3.34. The Morgan fingerprint density at radius 2 is 1.14 bits per heavy atom. The number of aliphatic hydroxyl groups is 1. The van der Waals surface area contributed by atoms with Crippen molar-refractivity contribution in [2.24, 2.45) is 0 Å². The van der Waals surface area contributed by atoms with Crippen molar-refractivity contribution < 1.29 is 57.2 Å². The van der Waals surface area contributed by atoms with Crippen LogP contribution < -0.4 is 4.74 Å². The molecule has 12 heteroatoms. The van der Waals surface area contributed by atoms with E-state index >= 15 is 0 Å². The molecule has 5 aromatic rings. The zero-order valence-electron chi connectivity index (χ0n) is 35.4. The van der Waals surface area contributed by atoms with Gasteiger partial charge in [0, 0.05) is 5.56 Å². The minimum Gasteiger partial charge on any atom is -0.497 e. The van der Waals surface area contributed by atoms with Crippen molar-refractivity contribution in [3.05, 3.63) is 186 Å². The molecule has 0 bridgehead atoms. The molecule has 8 rings (SSSR count). The fraction of sp³-hybridized carbons (Fsp3) is 0.373. The van der Waals surface area contributed by atoms with Crippen LogP contribution in [0.1, 0.15) is 34.1 Å². The van der Waals surface area contributed by atoms with E-state index in [1.807, 2.05) is 146 Å². The second-order valence-electron chi connectivity index (χ2n) is 15.6. The molecule has 0 saturated carbocycles. The summed E-state index contributed by atoms with van der Waals surface area (Å²) in [5.41, 5.74) is 4.61. The maximum absolute atomic E-state index is 12.4. The molecule has 332 valence electrons. The Morgan fingerprint density at radius 3 is 1.73 bits per heavy atom. The minimum atomic E-state index is -1.32. The molecule has 11 atom stereocenters. The predicted molar refractivity (Wildman–Crippen MR) is 232 cm³/mol. The second kappa shape index (κ2) is 22.7. The van der Waals surface area contributed by atoms with Crippen molar-refractivity contribution in [1.82, 2.24) is 0 Å². The molecular weight excluding hydrogens is 805 g/mol. The first-order chi connectivity index (χ1) is 31.1. The second-order valence-corrected chi connectivity index (χ2v) is 15.6. The van der Waals surface area contributed by atoms with E-state index in [4.69, 9.17) is 52.1 Å². The van der Waals surface area contributed by atoms with Gasteiger partial charge in [0.2, 0.25) is 0 Å². The molecule has 3 heterocycles. The van der Waals surface area contributed by atoms with E-state index in [1.165, 1.54) is 0 Å². The molecule has 3 fully saturated rings. The Morgan fingerprint density at radius 1 is 0.587 bits per heavy atom. The number of ether oxygens (including phenoxy) is 11. The smallest absolute Gasteiger partial charge is 0.187 e. The van der Waals surface area contributed by atoms with E-state index in [-0.39, 0.29) is 46.2 Å². The predicted octanol–water partition coefficient (Wildman–Crippen LogP) is 7.48. The fourth-order valence-electron chi connectivity index (χ4n) is 7.95. The standard InChI is InChI=1S/C51H56O12/c1-3-28-55-51-48(58-32-37-20-12-6-13-21-37)47(57-31-36-18-10-5-11-19-36)45(41(61-51)33-54-29-38-24-26-40(53-2)27-25-38)63-50-43(52)46(56-30-35-16-8-4-9-17-35)44-42(60-50)34-59-49(62-44)39-22-14-7-15-23-39/h3-27,41-52H,1,28-34H2,2H3/t41-,42-,43-,44-,45-,46-,47+,48-,49-,50+,51-/m1/s1. The largest absolute Gasteiger partial charge is 0.497 e. The third-order valence-electron chi connectivity index (χ3n) is 11.2. The Hall–Kier alpha value is -4.80. The van der Waals surface area contributed by atoms with E-state index in [2.05, 4.69) is 6.58 Å². The summed E-state index contributed by atoms with van der Waals surface area (Å²) >= 11 is 0. The van der Waals surface area contributed by atoms with Gasteiger partial charge >= 0.3 is 0 Å². The minimum absolute atomic E-state index is 0.0645. The van der Waals surface area contributed by atoms with Crippen LogP contribution in [0.15, 0.2) is 158 Å². The normalized spacial score (nSPS) is 28.2. The highest BCUT2D eigenvalue weighted by molar-refractivity contribution is 5.27. The maximum atomic E-state index is 12.4. The molecule has 63 heavy (non-hydrogen) atoms. The lowest BCUT2D eigenvalue weighted by Crippen LogP contribution is -2.67. The lowest BCUT2D eigenvalue weighted by molar-refractivity contribution is -0.393. The van der Waals surface area contributed by atoms with Gasteiger partial charge in [0.05, 0.1) is 53.4 Å². The number of rotatable bonds is 20. The van der Waals surface area contributed by atoms with Gasteiger partial charge in [-0.3, -0.25) is 0 Å². The molecule has 0 aliphatic carbocycles. The quantitative estimate of drug-likeness (QED) is 0.0782. The summed E-state index contributed by atoms with van der Waals surface area (Å²) < 4.78 is 71.4. The number of methoxy groups -OCH3 is 1. The number of fused-ring (bicyclic) bond motifs is 1. The van der Waals surface area contributed by atoms with Gasteiger partial charge in [-0.25, -0.2) is 0 Å². The highest BCUT2D eigenvalue weighted by atomic mass is 16.8. The van der Waals surface area contributed by atoms with Crippen molar-refractivity contribution in [2.45, 2.75) is 94.1 Å². The van der Waals surface area contributed by atoms with Crippen LogP contribution in [-0.2, 0) is 73.8 Å². The molecule has 0 aromatic heterocycles. The third kappa shape index (κ3) is 11.9. The van der Waals surface area contributed by atoms with Crippen LogP contribution in [0.2, 0.25) is 0 Å². The van der Waals surface area contributed by atoms with E-state index in [1.54, 1.807) is 13.2 Å². The van der Waals surface area contributed by atoms with Gasteiger partial charge in [-0.15, -0.1) is 6.58 Å². The van der Waals surface area contributed by atoms with Gasteiger partial charge in [0.15, 0.2) is 18.9 Å². The van der Waals surface area contributed by atoms with Crippen molar-refractivity contribution >= 4 is 0 Å². The van der Waals surface area contributed by atoms with Crippen molar-refractivity contribution in [3.8, 4) is 5.75 Å². The topological polar surface area (TPSA) is 122 Å². The Labute approximate surface area is 369 Å². The zero-order valence-corrected chi connectivity index (χ0v) is 35.4. The first kappa shape index (κ1) is 44.8. The summed E-state index contributed by atoms with van der Waals surface area (Å²) in [5.74, 6) is 0.744. The molecule has 0 radical (unpaired) electrons. The van der Waals surface area contributed by atoms with Gasteiger partial charge in [0.25, 0.3) is 0 Å². The molecule has 3 aliphatic rings. The number of aliphatic hydroxyl groups excluding tert-OH is 1. The SMILES string of the molecule is C=CCO[C@@H]1O[C@H](COCc2ccc(OC)cc2)[C@@H](O[C@@H]2O[C@@H]3CO[C@@H](c4ccccc4)O[C@H]3[C@H](OCc3ccccc3)[C@H]2O)[C@H](OCc2ccccc2)[C@H]1OCc1ccccc1. The zero-order chi connectivity index (χ0) is 43.2.